The van der Waals surface area contributed by atoms with Crippen molar-refractivity contribution in [2.75, 3.05) is 55.9 Å². The highest BCUT2D eigenvalue weighted by atomic mass is 16.6. The molecule has 2 aromatic carbocycles. The van der Waals surface area contributed by atoms with Crippen LogP contribution in [0.15, 0.2) is 42.5 Å². The summed E-state index contributed by atoms with van der Waals surface area (Å²) in [4.78, 5) is 27.4. The van der Waals surface area contributed by atoms with Gasteiger partial charge < -0.3 is 36.1 Å². The molecular formula is C22H29N5O4. The van der Waals surface area contributed by atoms with Gasteiger partial charge in [-0.1, -0.05) is 6.07 Å². The number of hydrogen-bond donors (Lipinski definition) is 3. The van der Waals surface area contributed by atoms with Gasteiger partial charge in [-0.15, -0.1) is 0 Å². The van der Waals surface area contributed by atoms with E-state index < -0.39 is 5.97 Å². The number of benzene rings is 2. The number of nitrogens with two attached hydrogens (primary N) is 2. The number of carbonyl (C=O) groups is 2. The number of carbonyl (C=O) groups excluding carboxylic acids is 2. The van der Waals surface area contributed by atoms with E-state index in [2.05, 4.69) is 17.1 Å². The average Bonchev–Trinajstić information content (AvgIpc) is 2.75. The Balaban J connectivity index is 1.68. The number of nitrogens with zero attached hydrogens (tertiary/aromatic N) is 2. The van der Waals surface area contributed by atoms with Crippen LogP contribution in [0, 0.1) is 0 Å². The number of urea groups is 1. The second-order valence-corrected chi connectivity index (χ2v) is 7.43. The lowest BCUT2D eigenvalue weighted by Gasteiger charge is -2.40. The standard InChI is InChI=1S/C22H29N5O4/c1-15-14-26(22(24)29)8-9-27(15)18-5-3-4-17(13-18)25-20-7-6-16(12-19(20)23)21(28)31-11-10-30-2/h3-7,12-13,15,25H,8-11,14,23H2,1-2H3,(H2,24,29). The van der Waals surface area contributed by atoms with Crippen molar-refractivity contribution in [3.8, 4) is 0 Å². The molecule has 5 N–H and O–H groups in total. The average molecular weight is 428 g/mol. The third-order valence-electron chi connectivity index (χ3n) is 5.20. The fourth-order valence-electron chi connectivity index (χ4n) is 3.56. The molecule has 0 aliphatic carbocycles. The highest BCUT2D eigenvalue weighted by Crippen LogP contribution is 2.28. The van der Waals surface area contributed by atoms with E-state index in [9.17, 15) is 9.59 Å². The van der Waals surface area contributed by atoms with Crippen molar-refractivity contribution in [3.63, 3.8) is 0 Å². The van der Waals surface area contributed by atoms with Gasteiger partial charge in [0.15, 0.2) is 0 Å². The Hall–Kier alpha value is -3.46. The van der Waals surface area contributed by atoms with Crippen LogP contribution >= 0.6 is 0 Å². The SMILES string of the molecule is COCCOC(=O)c1ccc(Nc2cccc(N3CCN(C(N)=O)CC3C)c2)c(N)c1. The van der Waals surface area contributed by atoms with Gasteiger partial charge in [0.05, 0.1) is 23.5 Å². The molecule has 166 valence electrons. The van der Waals surface area contributed by atoms with Crippen molar-refractivity contribution >= 4 is 34.7 Å². The minimum absolute atomic E-state index is 0.143. The molecule has 2 amide bonds. The van der Waals surface area contributed by atoms with Crippen molar-refractivity contribution in [3.05, 3.63) is 48.0 Å². The summed E-state index contributed by atoms with van der Waals surface area (Å²) in [6, 6.07) is 12.7. The number of nitrogen functional groups attached to an aromatic ring is 1. The predicted molar refractivity (Wildman–Crippen MR) is 121 cm³/mol. The number of primary amides is 1. The van der Waals surface area contributed by atoms with Crippen LogP contribution < -0.4 is 21.7 Å². The lowest BCUT2D eigenvalue weighted by molar-refractivity contribution is 0.0388. The van der Waals surface area contributed by atoms with Gasteiger partial charge >= 0.3 is 12.0 Å². The van der Waals surface area contributed by atoms with Gasteiger partial charge in [-0.3, -0.25) is 0 Å². The Bertz CT molecular complexity index is 936. The number of anilines is 4. The normalized spacial score (nSPS) is 16.1. The smallest absolute Gasteiger partial charge is 0.338 e. The number of hydrogen-bond acceptors (Lipinski definition) is 7. The molecule has 0 spiro atoms. The lowest BCUT2D eigenvalue weighted by Crippen LogP contribution is -2.55. The quantitative estimate of drug-likeness (QED) is 0.352. The summed E-state index contributed by atoms with van der Waals surface area (Å²) in [6.07, 6.45) is 0. The first-order valence-corrected chi connectivity index (χ1v) is 10.1. The second kappa shape index (κ2) is 10.0. The summed E-state index contributed by atoms with van der Waals surface area (Å²) < 4.78 is 9.99. The third kappa shape index (κ3) is 5.58. The summed E-state index contributed by atoms with van der Waals surface area (Å²) >= 11 is 0. The summed E-state index contributed by atoms with van der Waals surface area (Å²) in [5, 5.41) is 3.30. The van der Waals surface area contributed by atoms with Gasteiger partial charge in [0.2, 0.25) is 0 Å². The fourth-order valence-corrected chi connectivity index (χ4v) is 3.56. The highest BCUT2D eigenvalue weighted by molar-refractivity contribution is 5.92. The molecule has 1 atom stereocenters. The number of amides is 2. The number of esters is 1. The van der Waals surface area contributed by atoms with Gasteiger partial charge in [-0.2, -0.15) is 0 Å². The number of ether oxygens (including phenoxy) is 2. The summed E-state index contributed by atoms with van der Waals surface area (Å²) in [6.45, 7) is 4.48. The zero-order valence-corrected chi connectivity index (χ0v) is 17.8. The van der Waals surface area contributed by atoms with E-state index in [0.29, 0.717) is 43.2 Å². The van der Waals surface area contributed by atoms with E-state index in [-0.39, 0.29) is 18.7 Å². The summed E-state index contributed by atoms with van der Waals surface area (Å²) in [5.41, 5.74) is 15.0. The van der Waals surface area contributed by atoms with Gasteiger partial charge in [0, 0.05) is 44.2 Å². The van der Waals surface area contributed by atoms with Gasteiger partial charge in [0.25, 0.3) is 0 Å². The third-order valence-corrected chi connectivity index (χ3v) is 5.20. The minimum Gasteiger partial charge on any atom is -0.460 e. The summed E-state index contributed by atoms with van der Waals surface area (Å²) in [5.74, 6) is -0.443. The molecule has 1 saturated heterocycles. The Morgan fingerprint density at radius 3 is 2.65 bits per heavy atom. The molecule has 1 aliphatic rings. The van der Waals surface area contributed by atoms with E-state index >= 15 is 0 Å². The molecule has 1 unspecified atom stereocenters. The maximum atomic E-state index is 12.1. The number of piperazine rings is 1. The molecule has 1 aliphatic heterocycles. The molecule has 1 heterocycles. The van der Waals surface area contributed by atoms with Crippen molar-refractivity contribution in [2.45, 2.75) is 13.0 Å². The second-order valence-electron chi connectivity index (χ2n) is 7.43. The molecule has 0 bridgehead atoms. The molecule has 0 radical (unpaired) electrons. The largest absolute Gasteiger partial charge is 0.460 e. The molecule has 2 aromatic rings. The Kier molecular flexibility index (Phi) is 7.19. The van der Waals surface area contributed by atoms with Gasteiger partial charge in [0.1, 0.15) is 6.61 Å². The minimum atomic E-state index is -0.443. The van der Waals surface area contributed by atoms with Crippen LogP contribution in [0.25, 0.3) is 0 Å². The maximum Gasteiger partial charge on any atom is 0.338 e. The van der Waals surface area contributed by atoms with Crippen LogP contribution in [0.4, 0.5) is 27.5 Å². The van der Waals surface area contributed by atoms with Crippen molar-refractivity contribution in [2.24, 2.45) is 5.73 Å². The van der Waals surface area contributed by atoms with Crippen molar-refractivity contribution in [1.29, 1.82) is 0 Å². The highest BCUT2D eigenvalue weighted by Gasteiger charge is 2.25. The van der Waals surface area contributed by atoms with Crippen LogP contribution in [0.5, 0.6) is 0 Å². The molecule has 9 nitrogen and oxygen atoms in total. The van der Waals surface area contributed by atoms with Crippen molar-refractivity contribution < 1.29 is 19.1 Å². The van der Waals surface area contributed by atoms with Gasteiger partial charge in [-0.25, -0.2) is 9.59 Å². The zero-order chi connectivity index (χ0) is 22.4. The molecule has 31 heavy (non-hydrogen) atoms. The molecular weight excluding hydrogens is 398 g/mol. The number of nitrogens with one attached hydrogen (secondary N) is 1. The Morgan fingerprint density at radius 1 is 1.16 bits per heavy atom. The topological polar surface area (TPSA) is 123 Å². The van der Waals surface area contributed by atoms with Crippen LogP contribution in [0.1, 0.15) is 17.3 Å². The fraction of sp³-hybridized carbons (Fsp3) is 0.364. The first-order chi connectivity index (χ1) is 14.9. The maximum absolute atomic E-state index is 12.1. The number of methoxy groups -OCH3 is 1. The molecule has 1 fully saturated rings. The van der Waals surface area contributed by atoms with Crippen LogP contribution in [-0.2, 0) is 9.47 Å². The molecule has 0 aromatic heterocycles. The Labute approximate surface area is 181 Å². The molecule has 3 rings (SSSR count). The first kappa shape index (κ1) is 22.2. The Morgan fingerprint density at radius 2 is 1.97 bits per heavy atom. The lowest BCUT2D eigenvalue weighted by atomic mass is 10.1. The predicted octanol–water partition coefficient (Wildman–Crippen LogP) is 2.40. The number of rotatable bonds is 7. The van der Waals surface area contributed by atoms with Crippen molar-refractivity contribution in [1.82, 2.24) is 4.90 Å². The van der Waals surface area contributed by atoms with E-state index in [1.807, 2.05) is 24.3 Å². The first-order valence-electron chi connectivity index (χ1n) is 10.1. The van der Waals surface area contributed by atoms with E-state index in [0.717, 1.165) is 11.4 Å². The monoisotopic (exact) mass is 427 g/mol. The van der Waals surface area contributed by atoms with Gasteiger partial charge in [-0.05, 0) is 43.3 Å². The van der Waals surface area contributed by atoms with E-state index in [1.165, 1.54) is 0 Å². The van der Waals surface area contributed by atoms with Crippen LogP contribution in [-0.4, -0.2) is 62.9 Å². The van der Waals surface area contributed by atoms with E-state index in [4.69, 9.17) is 20.9 Å². The molecule has 9 heteroatoms. The zero-order valence-electron chi connectivity index (χ0n) is 17.8. The van der Waals surface area contributed by atoms with Crippen LogP contribution in [0.2, 0.25) is 0 Å². The summed E-state index contributed by atoms with van der Waals surface area (Å²) in [7, 11) is 1.54. The van der Waals surface area contributed by atoms with E-state index in [1.54, 1.807) is 30.2 Å². The molecule has 0 saturated carbocycles. The van der Waals surface area contributed by atoms with Crippen LogP contribution in [0.3, 0.4) is 0 Å².